The minimum Gasteiger partial charge on any atom is -0.382 e. The van der Waals surface area contributed by atoms with Crippen molar-refractivity contribution in [3.8, 4) is 0 Å². The number of rotatable bonds is 6. The number of amides is 1. The van der Waals surface area contributed by atoms with Gasteiger partial charge in [0.05, 0.1) is 10.7 Å². The Labute approximate surface area is 199 Å². The van der Waals surface area contributed by atoms with Crippen LogP contribution in [0, 0.1) is 23.7 Å². The molecule has 172 valence electrons. The predicted octanol–water partition coefficient (Wildman–Crippen LogP) is 5.72. The summed E-state index contributed by atoms with van der Waals surface area (Å²) in [5, 5.41) is 7.52. The predicted molar refractivity (Wildman–Crippen MR) is 132 cm³/mol. The molecule has 33 heavy (non-hydrogen) atoms. The molecule has 0 radical (unpaired) electrons. The van der Waals surface area contributed by atoms with E-state index in [0.29, 0.717) is 29.7 Å². The summed E-state index contributed by atoms with van der Waals surface area (Å²) < 4.78 is 1.79. The SMILES string of the molecule is CCc1nc2ccc(Cl)cn2c1C(=O)NCc1ccc(NC2C3CC4CC(C3)CC2C4)cc1. The molecule has 7 rings (SSSR count). The Kier molecular flexibility index (Phi) is 5.33. The molecule has 0 aliphatic heterocycles. The molecule has 0 atom stereocenters. The van der Waals surface area contributed by atoms with Crippen LogP contribution in [-0.2, 0) is 13.0 Å². The topological polar surface area (TPSA) is 58.4 Å². The molecule has 2 heterocycles. The number of carbonyl (C=O) groups is 1. The minimum absolute atomic E-state index is 0.127. The van der Waals surface area contributed by atoms with Crippen LogP contribution in [0.1, 0.15) is 60.8 Å². The molecule has 1 amide bonds. The van der Waals surface area contributed by atoms with E-state index in [1.807, 2.05) is 13.0 Å². The molecule has 3 aromatic rings. The zero-order valence-electron chi connectivity index (χ0n) is 19.1. The van der Waals surface area contributed by atoms with Gasteiger partial charge < -0.3 is 10.6 Å². The number of carbonyl (C=O) groups excluding carboxylic acids is 1. The zero-order valence-corrected chi connectivity index (χ0v) is 19.8. The smallest absolute Gasteiger partial charge is 0.270 e. The Morgan fingerprint density at radius 2 is 1.73 bits per heavy atom. The van der Waals surface area contributed by atoms with Crippen molar-refractivity contribution in [2.24, 2.45) is 23.7 Å². The number of pyridine rings is 1. The van der Waals surface area contributed by atoms with Gasteiger partial charge in [-0.15, -0.1) is 0 Å². The summed E-state index contributed by atoms with van der Waals surface area (Å²) in [5.74, 6) is 3.57. The Hall–Kier alpha value is -2.53. The van der Waals surface area contributed by atoms with E-state index in [1.54, 1.807) is 16.7 Å². The number of benzene rings is 1. The number of nitrogens with one attached hydrogen (secondary N) is 2. The highest BCUT2D eigenvalue weighted by molar-refractivity contribution is 6.30. The number of aryl methyl sites for hydroxylation is 1. The van der Waals surface area contributed by atoms with Crippen LogP contribution in [-0.4, -0.2) is 21.3 Å². The highest BCUT2D eigenvalue weighted by Gasteiger charge is 2.48. The number of aromatic nitrogens is 2. The minimum atomic E-state index is -0.127. The second-order valence-corrected chi connectivity index (χ2v) is 10.8. The summed E-state index contributed by atoms with van der Waals surface area (Å²) in [6.07, 6.45) is 9.61. The van der Waals surface area contributed by atoms with Gasteiger partial charge in [0, 0.05) is 24.5 Å². The van der Waals surface area contributed by atoms with Crippen LogP contribution in [0.15, 0.2) is 42.6 Å². The summed E-state index contributed by atoms with van der Waals surface area (Å²) in [6.45, 7) is 2.49. The maximum Gasteiger partial charge on any atom is 0.270 e. The Bertz CT molecular complexity index is 1160. The standard InChI is InChI=1S/C27H31ClN4O/c1-2-23-26(32-15-21(28)5-8-24(32)31-23)27(33)29-14-16-3-6-22(7-4-16)30-25-19-10-17-9-18(12-19)13-20(25)11-17/h3-8,15,17-20,25,30H,2,9-14H2,1H3,(H,29,33). The third-order valence-electron chi connectivity index (χ3n) is 8.17. The molecule has 5 nitrogen and oxygen atoms in total. The second-order valence-electron chi connectivity index (χ2n) is 10.3. The van der Waals surface area contributed by atoms with E-state index in [0.717, 1.165) is 40.6 Å². The fourth-order valence-corrected chi connectivity index (χ4v) is 7.05. The summed E-state index contributed by atoms with van der Waals surface area (Å²) in [5.41, 5.74) is 4.37. The van der Waals surface area contributed by atoms with Crippen molar-refractivity contribution in [1.82, 2.24) is 14.7 Å². The van der Waals surface area contributed by atoms with E-state index >= 15 is 0 Å². The van der Waals surface area contributed by atoms with E-state index in [9.17, 15) is 4.79 Å². The third kappa shape index (κ3) is 3.90. The first kappa shape index (κ1) is 21.0. The molecule has 0 saturated heterocycles. The van der Waals surface area contributed by atoms with Crippen LogP contribution in [0.2, 0.25) is 5.02 Å². The number of anilines is 1. The van der Waals surface area contributed by atoms with E-state index in [2.05, 4.69) is 39.9 Å². The van der Waals surface area contributed by atoms with Crippen molar-refractivity contribution in [2.45, 2.75) is 58.0 Å². The van der Waals surface area contributed by atoms with E-state index in [4.69, 9.17) is 11.6 Å². The Morgan fingerprint density at radius 3 is 2.39 bits per heavy atom. The van der Waals surface area contributed by atoms with Gasteiger partial charge in [0.15, 0.2) is 0 Å². The number of halogens is 1. The molecule has 0 unspecified atom stereocenters. The Balaban J connectivity index is 1.11. The summed E-state index contributed by atoms with van der Waals surface area (Å²) in [7, 11) is 0. The molecule has 1 aromatic carbocycles. The molecule has 4 saturated carbocycles. The van der Waals surface area contributed by atoms with Crippen LogP contribution in [0.25, 0.3) is 5.65 Å². The van der Waals surface area contributed by atoms with E-state index < -0.39 is 0 Å². The largest absolute Gasteiger partial charge is 0.382 e. The lowest BCUT2D eigenvalue weighted by Gasteiger charge is -2.54. The van der Waals surface area contributed by atoms with Crippen LogP contribution < -0.4 is 10.6 Å². The van der Waals surface area contributed by atoms with Gasteiger partial charge in [-0.3, -0.25) is 9.20 Å². The fourth-order valence-electron chi connectivity index (χ4n) is 6.89. The number of nitrogens with zero attached hydrogens (tertiary/aromatic N) is 2. The Morgan fingerprint density at radius 1 is 1.03 bits per heavy atom. The first-order valence-corrected chi connectivity index (χ1v) is 12.8. The number of hydrogen-bond acceptors (Lipinski definition) is 3. The average molecular weight is 463 g/mol. The fraction of sp³-hybridized carbons (Fsp3) is 0.481. The van der Waals surface area contributed by atoms with Gasteiger partial charge in [0.1, 0.15) is 11.3 Å². The molecule has 4 bridgehead atoms. The molecule has 2 N–H and O–H groups in total. The van der Waals surface area contributed by atoms with E-state index in [-0.39, 0.29) is 5.91 Å². The van der Waals surface area contributed by atoms with Gasteiger partial charge in [0.25, 0.3) is 5.91 Å². The maximum atomic E-state index is 13.0. The normalized spacial score (nSPS) is 27.8. The van der Waals surface area contributed by atoms with Crippen LogP contribution in [0.5, 0.6) is 0 Å². The molecule has 2 aromatic heterocycles. The van der Waals surface area contributed by atoms with Crippen molar-refractivity contribution in [1.29, 1.82) is 0 Å². The van der Waals surface area contributed by atoms with Crippen LogP contribution in [0.3, 0.4) is 0 Å². The quantitative estimate of drug-likeness (QED) is 0.492. The van der Waals surface area contributed by atoms with Crippen molar-refractivity contribution < 1.29 is 4.79 Å². The summed E-state index contributed by atoms with van der Waals surface area (Å²) in [4.78, 5) is 17.6. The second kappa shape index (κ2) is 8.35. The summed E-state index contributed by atoms with van der Waals surface area (Å²) in [6, 6.07) is 12.8. The van der Waals surface area contributed by atoms with Crippen molar-refractivity contribution >= 4 is 28.8 Å². The van der Waals surface area contributed by atoms with Gasteiger partial charge in [-0.2, -0.15) is 0 Å². The number of hydrogen-bond donors (Lipinski definition) is 2. The van der Waals surface area contributed by atoms with Crippen LogP contribution in [0.4, 0.5) is 5.69 Å². The lowest BCUT2D eigenvalue weighted by atomic mass is 9.54. The van der Waals surface area contributed by atoms with Crippen molar-refractivity contribution in [3.05, 3.63) is 64.6 Å². The summed E-state index contributed by atoms with van der Waals surface area (Å²) >= 11 is 6.16. The molecular formula is C27H31ClN4O. The number of imidazole rings is 1. The van der Waals surface area contributed by atoms with Gasteiger partial charge in [-0.25, -0.2) is 4.98 Å². The molecule has 4 aliphatic rings. The van der Waals surface area contributed by atoms with E-state index in [1.165, 1.54) is 37.8 Å². The monoisotopic (exact) mass is 462 g/mol. The van der Waals surface area contributed by atoms with Crippen molar-refractivity contribution in [2.75, 3.05) is 5.32 Å². The molecule has 0 spiro atoms. The molecule has 6 heteroatoms. The van der Waals surface area contributed by atoms with Gasteiger partial charge >= 0.3 is 0 Å². The van der Waals surface area contributed by atoms with Crippen molar-refractivity contribution in [3.63, 3.8) is 0 Å². The number of fused-ring (bicyclic) bond motifs is 1. The highest BCUT2D eigenvalue weighted by Crippen LogP contribution is 2.54. The zero-order chi connectivity index (χ0) is 22.5. The third-order valence-corrected chi connectivity index (χ3v) is 8.40. The van der Waals surface area contributed by atoms with Crippen LogP contribution >= 0.6 is 11.6 Å². The van der Waals surface area contributed by atoms with Gasteiger partial charge in [-0.05, 0) is 92.0 Å². The lowest BCUT2D eigenvalue weighted by Crippen LogP contribution is -2.51. The highest BCUT2D eigenvalue weighted by atomic mass is 35.5. The van der Waals surface area contributed by atoms with Gasteiger partial charge in [-0.1, -0.05) is 30.7 Å². The average Bonchev–Trinajstić information content (AvgIpc) is 3.18. The maximum absolute atomic E-state index is 13.0. The molecule has 4 fully saturated rings. The lowest BCUT2D eigenvalue weighted by molar-refractivity contribution is 0.00754. The van der Waals surface area contributed by atoms with Gasteiger partial charge in [0.2, 0.25) is 0 Å². The first-order chi connectivity index (χ1) is 16.1. The molecular weight excluding hydrogens is 432 g/mol. The first-order valence-electron chi connectivity index (χ1n) is 12.4. The molecule has 4 aliphatic carbocycles.